The van der Waals surface area contributed by atoms with Crippen molar-refractivity contribution in [2.45, 2.75) is 71.6 Å². The van der Waals surface area contributed by atoms with E-state index in [1.54, 1.807) is 16.9 Å². The molecule has 0 spiro atoms. The summed E-state index contributed by atoms with van der Waals surface area (Å²) in [4.78, 5) is 29.0. The molecule has 9 heteroatoms. The van der Waals surface area contributed by atoms with Crippen LogP contribution in [0.3, 0.4) is 0 Å². The highest BCUT2D eigenvalue weighted by Crippen LogP contribution is 2.48. The van der Waals surface area contributed by atoms with Gasteiger partial charge in [0.2, 0.25) is 0 Å². The molecule has 0 bridgehead atoms. The van der Waals surface area contributed by atoms with Gasteiger partial charge in [-0.25, -0.2) is 9.31 Å². The summed E-state index contributed by atoms with van der Waals surface area (Å²) in [6.45, 7) is 11.8. The van der Waals surface area contributed by atoms with Crippen molar-refractivity contribution in [3.63, 3.8) is 0 Å². The third kappa shape index (κ3) is 4.67. The quantitative estimate of drug-likeness (QED) is 0.500. The Bertz CT molecular complexity index is 1260. The number of nitrogens with two attached hydrogens (primary N) is 1. The molecular formula is C26H34N6O3. The SMILES string of the molecule is CC(C)(C)OC(=O)NC1(C)CCC(Nc2c(C(N)=O)cnn3cc(-c4ccncc4)cc23)C1(C)C. The van der Waals surface area contributed by atoms with Crippen LogP contribution in [0.2, 0.25) is 0 Å². The molecule has 2 unspecified atom stereocenters. The van der Waals surface area contributed by atoms with Crippen LogP contribution in [0.15, 0.2) is 43.0 Å². The van der Waals surface area contributed by atoms with Crippen LogP contribution in [0.1, 0.15) is 64.7 Å². The lowest BCUT2D eigenvalue weighted by Crippen LogP contribution is -2.57. The number of primary amides is 1. The monoisotopic (exact) mass is 478 g/mol. The molecule has 0 radical (unpaired) electrons. The van der Waals surface area contributed by atoms with Crippen LogP contribution in [0.5, 0.6) is 0 Å². The maximum absolute atomic E-state index is 12.6. The lowest BCUT2D eigenvalue weighted by Gasteiger charge is -2.42. The first kappa shape index (κ1) is 24.5. The Hall–Kier alpha value is -3.62. The number of hydrogen-bond acceptors (Lipinski definition) is 6. The molecule has 35 heavy (non-hydrogen) atoms. The van der Waals surface area contributed by atoms with Gasteiger partial charge < -0.3 is 21.1 Å². The normalized spacial score (nSPS) is 21.6. The third-order valence-corrected chi connectivity index (χ3v) is 7.24. The van der Waals surface area contributed by atoms with Crippen molar-refractivity contribution >= 4 is 23.2 Å². The molecule has 1 saturated carbocycles. The molecule has 186 valence electrons. The topological polar surface area (TPSA) is 124 Å². The van der Waals surface area contributed by atoms with Gasteiger partial charge in [0.15, 0.2) is 0 Å². The standard InChI is InChI=1S/C26H34N6O3/c1-24(2,3)35-23(34)31-26(6)10-7-20(25(26,4)5)30-21-18(22(27)33)14-29-32-15-17(13-19(21)32)16-8-11-28-12-9-16/h8-9,11-15,20,30H,7,10H2,1-6H3,(H2,27,33)(H,31,34). The average molecular weight is 479 g/mol. The van der Waals surface area contributed by atoms with E-state index in [2.05, 4.69) is 34.6 Å². The van der Waals surface area contributed by atoms with Crippen LogP contribution in [0.4, 0.5) is 10.5 Å². The van der Waals surface area contributed by atoms with E-state index in [1.165, 1.54) is 6.20 Å². The lowest BCUT2D eigenvalue weighted by atomic mass is 9.74. The van der Waals surface area contributed by atoms with Crippen LogP contribution < -0.4 is 16.4 Å². The smallest absolute Gasteiger partial charge is 0.408 e. The second-order valence-corrected chi connectivity index (χ2v) is 11.0. The summed E-state index contributed by atoms with van der Waals surface area (Å²) >= 11 is 0. The maximum atomic E-state index is 12.6. The molecular weight excluding hydrogens is 444 g/mol. The molecule has 1 aliphatic carbocycles. The molecule has 3 aromatic heterocycles. The second kappa shape index (κ2) is 8.55. The first-order valence-corrected chi connectivity index (χ1v) is 11.8. The van der Waals surface area contributed by atoms with Gasteiger partial charge >= 0.3 is 6.09 Å². The first-order valence-electron chi connectivity index (χ1n) is 11.8. The summed E-state index contributed by atoms with van der Waals surface area (Å²) in [6.07, 6.45) is 7.96. The van der Waals surface area contributed by atoms with Gasteiger partial charge in [0.1, 0.15) is 5.60 Å². The number of carbonyl (C=O) groups is 2. The van der Waals surface area contributed by atoms with Gasteiger partial charge in [0.25, 0.3) is 5.91 Å². The van der Waals surface area contributed by atoms with Gasteiger partial charge in [-0.1, -0.05) is 13.8 Å². The predicted octanol–water partition coefficient (Wildman–Crippen LogP) is 4.38. The Morgan fingerprint density at radius 3 is 2.49 bits per heavy atom. The summed E-state index contributed by atoms with van der Waals surface area (Å²) in [5, 5.41) is 11.1. The van der Waals surface area contributed by atoms with Crippen molar-refractivity contribution in [1.82, 2.24) is 19.9 Å². The zero-order chi connectivity index (χ0) is 25.6. The number of amides is 2. The van der Waals surface area contributed by atoms with E-state index in [9.17, 15) is 9.59 Å². The predicted molar refractivity (Wildman–Crippen MR) is 135 cm³/mol. The molecule has 1 aliphatic rings. The minimum atomic E-state index is -0.582. The fourth-order valence-corrected chi connectivity index (χ4v) is 4.78. The highest BCUT2D eigenvalue weighted by molar-refractivity contribution is 6.02. The number of hydrogen-bond donors (Lipinski definition) is 3. The van der Waals surface area contributed by atoms with Gasteiger partial charge in [-0.05, 0) is 64.3 Å². The van der Waals surface area contributed by atoms with E-state index in [1.807, 2.05) is 52.1 Å². The molecule has 4 N–H and O–H groups in total. The molecule has 0 aliphatic heterocycles. The minimum Gasteiger partial charge on any atom is -0.444 e. The fraction of sp³-hybridized carbons (Fsp3) is 0.462. The molecule has 4 rings (SSSR count). The third-order valence-electron chi connectivity index (χ3n) is 7.24. The van der Waals surface area contributed by atoms with Gasteiger partial charge in [-0.2, -0.15) is 5.10 Å². The molecule has 3 aromatic rings. The molecule has 9 nitrogen and oxygen atoms in total. The highest BCUT2D eigenvalue weighted by atomic mass is 16.6. The van der Waals surface area contributed by atoms with Crippen LogP contribution in [0.25, 0.3) is 16.6 Å². The Labute approximate surface area is 205 Å². The summed E-state index contributed by atoms with van der Waals surface area (Å²) in [5.41, 5.74) is 7.90. The van der Waals surface area contributed by atoms with E-state index in [4.69, 9.17) is 10.5 Å². The Balaban J connectivity index is 1.68. The van der Waals surface area contributed by atoms with Crippen LogP contribution >= 0.6 is 0 Å². The van der Waals surface area contributed by atoms with Crippen LogP contribution in [-0.2, 0) is 4.74 Å². The molecule has 1 fully saturated rings. The summed E-state index contributed by atoms with van der Waals surface area (Å²) in [7, 11) is 0. The molecule has 2 atom stereocenters. The van der Waals surface area contributed by atoms with Crippen molar-refractivity contribution in [2.24, 2.45) is 11.1 Å². The molecule has 0 saturated heterocycles. The maximum Gasteiger partial charge on any atom is 0.408 e. The number of rotatable bonds is 5. The van der Waals surface area contributed by atoms with Crippen molar-refractivity contribution in [3.05, 3.63) is 48.5 Å². The molecule has 0 aromatic carbocycles. The number of alkyl carbamates (subject to hydrolysis) is 1. The zero-order valence-electron chi connectivity index (χ0n) is 21.2. The van der Waals surface area contributed by atoms with E-state index in [-0.39, 0.29) is 11.5 Å². The number of fused-ring (bicyclic) bond motifs is 1. The number of nitrogens with zero attached hydrogens (tertiary/aromatic N) is 3. The van der Waals surface area contributed by atoms with Crippen molar-refractivity contribution < 1.29 is 14.3 Å². The minimum absolute atomic E-state index is 0.0500. The Morgan fingerprint density at radius 2 is 1.86 bits per heavy atom. The Kier molecular flexibility index (Phi) is 5.99. The number of ether oxygens (including phenoxy) is 1. The van der Waals surface area contributed by atoms with Crippen LogP contribution in [-0.4, -0.2) is 43.8 Å². The number of pyridine rings is 1. The van der Waals surface area contributed by atoms with Crippen molar-refractivity contribution in [1.29, 1.82) is 0 Å². The zero-order valence-corrected chi connectivity index (χ0v) is 21.2. The van der Waals surface area contributed by atoms with Gasteiger partial charge in [0.05, 0.1) is 23.0 Å². The largest absolute Gasteiger partial charge is 0.444 e. The molecule has 3 heterocycles. The number of carbonyl (C=O) groups excluding carboxylic acids is 2. The number of anilines is 1. The highest BCUT2D eigenvalue weighted by Gasteiger charge is 2.53. The summed E-state index contributed by atoms with van der Waals surface area (Å²) < 4.78 is 7.26. The first-order chi connectivity index (χ1) is 16.3. The Morgan fingerprint density at radius 1 is 1.17 bits per heavy atom. The van der Waals surface area contributed by atoms with E-state index in [0.717, 1.165) is 29.5 Å². The van der Waals surface area contributed by atoms with Crippen LogP contribution in [0, 0.1) is 5.41 Å². The lowest BCUT2D eigenvalue weighted by molar-refractivity contribution is 0.0382. The van der Waals surface area contributed by atoms with Crippen molar-refractivity contribution in [3.8, 4) is 11.1 Å². The van der Waals surface area contributed by atoms with Gasteiger partial charge in [-0.3, -0.25) is 9.78 Å². The summed E-state index contributed by atoms with van der Waals surface area (Å²) in [6, 6.07) is 5.78. The van der Waals surface area contributed by atoms with Gasteiger partial charge in [0, 0.05) is 41.1 Å². The summed E-state index contributed by atoms with van der Waals surface area (Å²) in [5.74, 6) is -0.556. The molecule has 2 amide bonds. The average Bonchev–Trinajstić information content (AvgIpc) is 3.28. The second-order valence-electron chi connectivity index (χ2n) is 11.0. The number of nitrogens with one attached hydrogen (secondary N) is 2. The van der Waals surface area contributed by atoms with E-state index >= 15 is 0 Å². The van der Waals surface area contributed by atoms with Crippen molar-refractivity contribution in [2.75, 3.05) is 5.32 Å². The van der Waals surface area contributed by atoms with E-state index in [0.29, 0.717) is 11.3 Å². The fourth-order valence-electron chi connectivity index (χ4n) is 4.78. The van der Waals surface area contributed by atoms with E-state index < -0.39 is 23.1 Å². The number of aromatic nitrogens is 3. The van der Waals surface area contributed by atoms with Gasteiger partial charge in [-0.15, -0.1) is 0 Å².